The molecule has 3 aromatic carbocycles. The fraction of sp³-hybridized carbons (Fsp3) is 0.130. The maximum Gasteiger partial charge on any atom is 0.144 e. The molecule has 0 aliphatic carbocycles. The van der Waals surface area contributed by atoms with E-state index in [1.54, 1.807) is 6.33 Å². The third-order valence-electron chi connectivity index (χ3n) is 5.13. The number of nitrogens with zero attached hydrogens (tertiary/aromatic N) is 3. The molecule has 0 aliphatic rings. The minimum atomic E-state index is 0.972. The summed E-state index contributed by atoms with van der Waals surface area (Å²) in [6.45, 7) is 4.26. The molecule has 5 aromatic rings. The van der Waals surface area contributed by atoms with E-state index in [1.807, 2.05) is 0 Å². The van der Waals surface area contributed by atoms with E-state index in [0.717, 1.165) is 22.3 Å². The maximum atomic E-state index is 4.68. The Labute approximate surface area is 151 Å². The van der Waals surface area contributed by atoms with Gasteiger partial charge in [0.1, 0.15) is 12.0 Å². The van der Waals surface area contributed by atoms with Crippen LogP contribution in [0.2, 0.25) is 0 Å². The van der Waals surface area contributed by atoms with Gasteiger partial charge in [0.15, 0.2) is 0 Å². The van der Waals surface area contributed by atoms with Crippen LogP contribution in [-0.2, 0) is 7.05 Å². The van der Waals surface area contributed by atoms with Gasteiger partial charge in [0.05, 0.1) is 16.6 Å². The molecule has 0 saturated heterocycles. The standard InChI is InChI=1S/C23H19N3/c1-14-8-15(2)10-18(9-14)22-21-19-11-16-6-4-5-7-17(16)12-20(19)26(3)23(21)25-13-24-22/h4-13H,1-3H3. The van der Waals surface area contributed by atoms with Gasteiger partial charge in [-0.25, -0.2) is 9.97 Å². The van der Waals surface area contributed by atoms with E-state index in [-0.39, 0.29) is 0 Å². The molecule has 3 heteroatoms. The predicted molar refractivity (Wildman–Crippen MR) is 108 cm³/mol. The van der Waals surface area contributed by atoms with Crippen molar-refractivity contribution >= 4 is 32.7 Å². The minimum absolute atomic E-state index is 0.972. The van der Waals surface area contributed by atoms with Crippen LogP contribution in [-0.4, -0.2) is 14.5 Å². The third-order valence-corrected chi connectivity index (χ3v) is 5.13. The summed E-state index contributed by atoms with van der Waals surface area (Å²) < 4.78 is 2.17. The van der Waals surface area contributed by atoms with Crippen LogP contribution in [0.4, 0.5) is 0 Å². The molecule has 0 unspecified atom stereocenters. The molecule has 0 N–H and O–H groups in total. The quantitative estimate of drug-likeness (QED) is 0.401. The van der Waals surface area contributed by atoms with Crippen LogP contribution in [0.1, 0.15) is 11.1 Å². The van der Waals surface area contributed by atoms with Gasteiger partial charge in [0.2, 0.25) is 0 Å². The van der Waals surface area contributed by atoms with Crippen molar-refractivity contribution < 1.29 is 0 Å². The summed E-state index contributed by atoms with van der Waals surface area (Å²) in [5, 5.41) is 4.81. The van der Waals surface area contributed by atoms with Gasteiger partial charge in [0.25, 0.3) is 0 Å². The Balaban J connectivity index is 1.96. The fourth-order valence-corrected chi connectivity index (χ4v) is 4.03. The number of aromatic nitrogens is 3. The lowest BCUT2D eigenvalue weighted by molar-refractivity contribution is 0.983. The Kier molecular flexibility index (Phi) is 3.13. The second-order valence-corrected chi connectivity index (χ2v) is 7.07. The SMILES string of the molecule is Cc1cc(C)cc(-c2ncnc3c2c2cc4ccccc4cc2n3C)c1. The van der Waals surface area contributed by atoms with E-state index in [1.165, 1.54) is 32.8 Å². The first-order valence-corrected chi connectivity index (χ1v) is 8.82. The Morgan fingerprint density at radius 3 is 2.23 bits per heavy atom. The largest absolute Gasteiger partial charge is 0.328 e. The van der Waals surface area contributed by atoms with Gasteiger partial charge >= 0.3 is 0 Å². The van der Waals surface area contributed by atoms with E-state index in [4.69, 9.17) is 0 Å². The van der Waals surface area contributed by atoms with Crippen molar-refractivity contribution in [2.75, 3.05) is 0 Å². The summed E-state index contributed by atoms with van der Waals surface area (Å²) in [5.41, 5.74) is 6.80. The first-order chi connectivity index (χ1) is 12.6. The van der Waals surface area contributed by atoms with Crippen molar-refractivity contribution in [2.45, 2.75) is 13.8 Å². The molecular weight excluding hydrogens is 318 g/mol. The van der Waals surface area contributed by atoms with E-state index >= 15 is 0 Å². The van der Waals surface area contributed by atoms with Crippen molar-refractivity contribution in [3.05, 3.63) is 72.1 Å². The van der Waals surface area contributed by atoms with Crippen LogP contribution in [0, 0.1) is 13.8 Å². The first kappa shape index (κ1) is 15.1. The molecule has 0 atom stereocenters. The molecule has 3 nitrogen and oxygen atoms in total. The zero-order valence-corrected chi connectivity index (χ0v) is 15.1. The van der Waals surface area contributed by atoms with Crippen LogP contribution in [0.5, 0.6) is 0 Å². The van der Waals surface area contributed by atoms with E-state index in [2.05, 4.69) is 90.0 Å². The van der Waals surface area contributed by atoms with Crippen LogP contribution in [0.3, 0.4) is 0 Å². The highest BCUT2D eigenvalue weighted by molar-refractivity contribution is 6.16. The third kappa shape index (κ3) is 2.14. The summed E-state index contributed by atoms with van der Waals surface area (Å²) >= 11 is 0. The van der Waals surface area contributed by atoms with Crippen LogP contribution < -0.4 is 0 Å². The molecule has 0 aliphatic heterocycles. The highest BCUT2D eigenvalue weighted by atomic mass is 15.0. The van der Waals surface area contributed by atoms with E-state index < -0.39 is 0 Å². The number of fused-ring (bicyclic) bond motifs is 4. The lowest BCUT2D eigenvalue weighted by Gasteiger charge is -2.06. The van der Waals surface area contributed by atoms with Crippen molar-refractivity contribution in [1.29, 1.82) is 0 Å². The predicted octanol–water partition coefficient (Wildman–Crippen LogP) is 5.56. The smallest absolute Gasteiger partial charge is 0.144 e. The highest BCUT2D eigenvalue weighted by Gasteiger charge is 2.16. The van der Waals surface area contributed by atoms with Gasteiger partial charge in [0, 0.05) is 18.0 Å². The number of benzene rings is 3. The lowest BCUT2D eigenvalue weighted by Crippen LogP contribution is -1.92. The molecule has 0 radical (unpaired) electrons. The van der Waals surface area contributed by atoms with Crippen LogP contribution in [0.25, 0.3) is 44.0 Å². The summed E-state index contributed by atoms with van der Waals surface area (Å²) in [6, 6.07) is 19.6. The van der Waals surface area contributed by atoms with E-state index in [0.29, 0.717) is 0 Å². The fourth-order valence-electron chi connectivity index (χ4n) is 4.03. The topological polar surface area (TPSA) is 30.7 Å². The number of aryl methyl sites for hydroxylation is 3. The molecule has 0 fully saturated rings. The Hall–Kier alpha value is -3.20. The molecule has 2 heterocycles. The van der Waals surface area contributed by atoms with Gasteiger partial charge in [-0.3, -0.25) is 0 Å². The van der Waals surface area contributed by atoms with Gasteiger partial charge in [-0.05, 0) is 48.9 Å². The summed E-state index contributed by atoms with van der Waals surface area (Å²) in [6.07, 6.45) is 1.67. The summed E-state index contributed by atoms with van der Waals surface area (Å²) in [5.74, 6) is 0. The molecular formula is C23H19N3. The summed E-state index contributed by atoms with van der Waals surface area (Å²) in [7, 11) is 2.08. The molecule has 0 saturated carbocycles. The van der Waals surface area contributed by atoms with Gasteiger partial charge in [-0.15, -0.1) is 0 Å². The number of hydrogen-bond donors (Lipinski definition) is 0. The monoisotopic (exact) mass is 337 g/mol. The molecule has 0 amide bonds. The second kappa shape index (κ2) is 5.40. The average molecular weight is 337 g/mol. The van der Waals surface area contributed by atoms with Gasteiger partial charge in [-0.1, -0.05) is 41.5 Å². The van der Waals surface area contributed by atoms with Crippen molar-refractivity contribution in [3.8, 4) is 11.3 Å². The molecule has 0 bridgehead atoms. The second-order valence-electron chi connectivity index (χ2n) is 7.07. The van der Waals surface area contributed by atoms with Crippen LogP contribution in [0.15, 0.2) is 60.9 Å². The van der Waals surface area contributed by atoms with E-state index in [9.17, 15) is 0 Å². The Bertz CT molecular complexity index is 1290. The average Bonchev–Trinajstić information content (AvgIpc) is 2.91. The van der Waals surface area contributed by atoms with Gasteiger partial charge < -0.3 is 4.57 Å². The van der Waals surface area contributed by atoms with Gasteiger partial charge in [-0.2, -0.15) is 0 Å². The Morgan fingerprint density at radius 1 is 0.808 bits per heavy atom. The van der Waals surface area contributed by atoms with Crippen molar-refractivity contribution in [1.82, 2.24) is 14.5 Å². The highest BCUT2D eigenvalue weighted by Crippen LogP contribution is 2.36. The number of rotatable bonds is 1. The minimum Gasteiger partial charge on any atom is -0.328 e. The van der Waals surface area contributed by atoms with Crippen LogP contribution >= 0.6 is 0 Å². The first-order valence-electron chi connectivity index (χ1n) is 8.82. The molecule has 26 heavy (non-hydrogen) atoms. The maximum absolute atomic E-state index is 4.68. The molecule has 126 valence electrons. The lowest BCUT2D eigenvalue weighted by atomic mass is 10.0. The Morgan fingerprint density at radius 2 is 1.50 bits per heavy atom. The molecule has 2 aromatic heterocycles. The van der Waals surface area contributed by atoms with Crippen molar-refractivity contribution in [3.63, 3.8) is 0 Å². The zero-order valence-electron chi connectivity index (χ0n) is 15.1. The summed E-state index contributed by atoms with van der Waals surface area (Å²) in [4.78, 5) is 9.27. The zero-order chi connectivity index (χ0) is 17.8. The molecule has 0 spiro atoms. The van der Waals surface area contributed by atoms with Crippen molar-refractivity contribution in [2.24, 2.45) is 7.05 Å². The number of hydrogen-bond acceptors (Lipinski definition) is 2. The molecule has 5 rings (SSSR count). The normalized spacial score (nSPS) is 11.7.